The predicted octanol–water partition coefficient (Wildman–Crippen LogP) is 5.96. The second-order valence-corrected chi connectivity index (χ2v) is 8.99. The average Bonchev–Trinajstić information content (AvgIpc) is 3.46. The molecule has 1 aliphatic carbocycles. The number of aromatic nitrogens is 2. The Morgan fingerprint density at radius 2 is 1.88 bits per heavy atom. The number of thiocarbonyl (C=S) groups is 1. The number of nitrogens with one attached hydrogen (secondary N) is 1. The normalized spacial score (nSPS) is 21.5. The van der Waals surface area contributed by atoms with Crippen molar-refractivity contribution in [3.63, 3.8) is 0 Å². The monoisotopic (exact) mass is 446 g/mol. The van der Waals surface area contributed by atoms with Crippen LogP contribution >= 0.6 is 12.2 Å². The summed E-state index contributed by atoms with van der Waals surface area (Å²) in [6.07, 6.45) is 13.0. The molecule has 2 atom stereocenters. The van der Waals surface area contributed by atoms with Gasteiger partial charge in [-0.2, -0.15) is 0 Å². The molecule has 1 aromatic carbocycles. The van der Waals surface area contributed by atoms with E-state index in [0.29, 0.717) is 12.6 Å². The van der Waals surface area contributed by atoms with E-state index >= 15 is 0 Å². The number of ether oxygens (including phenoxy) is 1. The van der Waals surface area contributed by atoms with Crippen LogP contribution in [0.1, 0.15) is 68.4 Å². The summed E-state index contributed by atoms with van der Waals surface area (Å²) in [6, 6.07) is 17.1. The van der Waals surface area contributed by atoms with Gasteiger partial charge in [0, 0.05) is 30.3 Å². The minimum absolute atomic E-state index is 0.0162. The highest BCUT2D eigenvalue weighted by molar-refractivity contribution is 7.80. The van der Waals surface area contributed by atoms with Gasteiger partial charge < -0.3 is 19.5 Å². The molecule has 5 nitrogen and oxygen atoms in total. The SMILES string of the molecule is CCOc1ccc(N2C(=S)N[C@H](c3ccccn3)[C@@H]2c2ccn(C3CCCCC3)c2)cc1. The van der Waals surface area contributed by atoms with Crippen LogP contribution in [-0.4, -0.2) is 21.3 Å². The van der Waals surface area contributed by atoms with Crippen molar-refractivity contribution in [1.82, 2.24) is 14.9 Å². The van der Waals surface area contributed by atoms with Gasteiger partial charge in [-0.05, 0) is 80.0 Å². The molecule has 1 saturated carbocycles. The number of pyridine rings is 1. The smallest absolute Gasteiger partial charge is 0.174 e. The lowest BCUT2D eigenvalue weighted by Gasteiger charge is -2.28. The molecule has 5 rings (SSSR count). The number of rotatable bonds is 6. The highest BCUT2D eigenvalue weighted by Crippen LogP contribution is 2.42. The quantitative estimate of drug-likeness (QED) is 0.473. The summed E-state index contributed by atoms with van der Waals surface area (Å²) in [5, 5.41) is 4.27. The third-order valence-corrected chi connectivity index (χ3v) is 6.91. The van der Waals surface area contributed by atoms with Crippen molar-refractivity contribution in [3.8, 4) is 5.75 Å². The molecule has 0 radical (unpaired) electrons. The van der Waals surface area contributed by atoms with Gasteiger partial charge in [0.2, 0.25) is 0 Å². The van der Waals surface area contributed by atoms with Gasteiger partial charge in [-0.25, -0.2) is 0 Å². The minimum Gasteiger partial charge on any atom is -0.494 e. The number of hydrogen-bond donors (Lipinski definition) is 1. The summed E-state index contributed by atoms with van der Waals surface area (Å²) in [6.45, 7) is 2.65. The van der Waals surface area contributed by atoms with Crippen LogP contribution < -0.4 is 15.0 Å². The molecular weight excluding hydrogens is 416 g/mol. The van der Waals surface area contributed by atoms with Crippen molar-refractivity contribution in [1.29, 1.82) is 0 Å². The van der Waals surface area contributed by atoms with E-state index in [4.69, 9.17) is 17.0 Å². The fraction of sp³-hybridized carbons (Fsp3) is 0.385. The topological polar surface area (TPSA) is 42.3 Å². The Morgan fingerprint density at radius 1 is 1.06 bits per heavy atom. The first-order valence-corrected chi connectivity index (χ1v) is 12.1. The summed E-state index contributed by atoms with van der Waals surface area (Å²) < 4.78 is 8.06. The molecule has 1 saturated heterocycles. The third kappa shape index (κ3) is 4.11. The number of hydrogen-bond acceptors (Lipinski definition) is 3. The van der Waals surface area contributed by atoms with Gasteiger partial charge in [-0.15, -0.1) is 0 Å². The Balaban J connectivity index is 1.51. The van der Waals surface area contributed by atoms with E-state index in [-0.39, 0.29) is 12.1 Å². The standard InChI is InChI=1S/C26H30N4OS/c1-2-31-22-13-11-21(12-14-22)30-25(24(28-26(30)32)23-10-6-7-16-27-23)19-15-17-29(18-19)20-8-4-3-5-9-20/h6-7,10-18,20,24-25H,2-5,8-9H2,1H3,(H,28,32)/t24-,25+/m1/s1. The Hall–Kier alpha value is -2.86. The van der Waals surface area contributed by atoms with Crippen molar-refractivity contribution in [2.75, 3.05) is 11.5 Å². The van der Waals surface area contributed by atoms with E-state index in [1.165, 1.54) is 37.7 Å². The molecule has 3 heterocycles. The van der Waals surface area contributed by atoms with Crippen molar-refractivity contribution in [3.05, 3.63) is 78.4 Å². The Morgan fingerprint density at radius 3 is 2.59 bits per heavy atom. The molecular formula is C26H30N4OS. The minimum atomic E-state index is -0.0162. The second kappa shape index (κ2) is 9.33. The lowest BCUT2D eigenvalue weighted by atomic mass is 9.95. The summed E-state index contributed by atoms with van der Waals surface area (Å²) in [7, 11) is 0. The number of benzene rings is 1. The van der Waals surface area contributed by atoms with Gasteiger partial charge in [0.05, 0.1) is 24.4 Å². The van der Waals surface area contributed by atoms with Crippen LogP contribution in [0.3, 0.4) is 0 Å². The van der Waals surface area contributed by atoms with Gasteiger partial charge in [0.15, 0.2) is 5.11 Å². The van der Waals surface area contributed by atoms with Crippen LogP contribution in [0.4, 0.5) is 5.69 Å². The van der Waals surface area contributed by atoms with Gasteiger partial charge in [-0.1, -0.05) is 25.3 Å². The van der Waals surface area contributed by atoms with Crippen molar-refractivity contribution in [2.24, 2.45) is 0 Å². The highest BCUT2D eigenvalue weighted by atomic mass is 32.1. The molecule has 2 fully saturated rings. The van der Waals surface area contributed by atoms with Crippen molar-refractivity contribution < 1.29 is 4.74 Å². The van der Waals surface area contributed by atoms with E-state index in [9.17, 15) is 0 Å². The maximum Gasteiger partial charge on any atom is 0.174 e. The molecule has 6 heteroatoms. The Kier molecular flexibility index (Phi) is 6.12. The van der Waals surface area contributed by atoms with Crippen molar-refractivity contribution >= 4 is 23.0 Å². The van der Waals surface area contributed by atoms with E-state index in [2.05, 4.69) is 56.4 Å². The zero-order chi connectivity index (χ0) is 21.9. The molecule has 2 aromatic heterocycles. The first-order chi connectivity index (χ1) is 15.7. The summed E-state index contributed by atoms with van der Waals surface area (Å²) >= 11 is 5.84. The molecule has 32 heavy (non-hydrogen) atoms. The average molecular weight is 447 g/mol. The summed E-state index contributed by atoms with van der Waals surface area (Å²) in [5.74, 6) is 0.871. The molecule has 0 bridgehead atoms. The predicted molar refractivity (Wildman–Crippen MR) is 132 cm³/mol. The molecule has 0 amide bonds. The molecule has 0 spiro atoms. The maximum atomic E-state index is 5.84. The zero-order valence-corrected chi connectivity index (χ0v) is 19.3. The van der Waals surface area contributed by atoms with Crippen LogP contribution in [0.25, 0.3) is 0 Å². The molecule has 3 aromatic rings. The fourth-order valence-electron chi connectivity index (χ4n) is 5.05. The third-order valence-electron chi connectivity index (χ3n) is 6.60. The number of anilines is 1. The largest absolute Gasteiger partial charge is 0.494 e. The first-order valence-electron chi connectivity index (χ1n) is 11.7. The fourth-order valence-corrected chi connectivity index (χ4v) is 5.40. The molecule has 166 valence electrons. The van der Waals surface area contributed by atoms with Gasteiger partial charge in [0.1, 0.15) is 5.75 Å². The molecule has 1 aliphatic heterocycles. The highest BCUT2D eigenvalue weighted by Gasteiger charge is 2.41. The lowest BCUT2D eigenvalue weighted by molar-refractivity contribution is 0.340. The number of nitrogens with zero attached hydrogens (tertiary/aromatic N) is 3. The Bertz CT molecular complexity index is 1040. The van der Waals surface area contributed by atoms with Crippen LogP contribution in [0, 0.1) is 0 Å². The molecule has 2 aliphatic rings. The van der Waals surface area contributed by atoms with E-state index in [1.807, 2.05) is 37.4 Å². The summed E-state index contributed by atoms with van der Waals surface area (Å²) in [4.78, 5) is 6.89. The van der Waals surface area contributed by atoms with Gasteiger partial charge >= 0.3 is 0 Å². The van der Waals surface area contributed by atoms with E-state index < -0.39 is 0 Å². The van der Waals surface area contributed by atoms with Crippen LogP contribution in [0.15, 0.2) is 67.1 Å². The Labute approximate surface area is 195 Å². The van der Waals surface area contributed by atoms with Gasteiger partial charge in [0.25, 0.3) is 0 Å². The van der Waals surface area contributed by atoms with Crippen LogP contribution in [0.2, 0.25) is 0 Å². The van der Waals surface area contributed by atoms with Crippen LogP contribution in [-0.2, 0) is 0 Å². The van der Waals surface area contributed by atoms with Gasteiger partial charge in [-0.3, -0.25) is 4.98 Å². The zero-order valence-electron chi connectivity index (χ0n) is 18.5. The van der Waals surface area contributed by atoms with E-state index in [0.717, 1.165) is 22.2 Å². The summed E-state index contributed by atoms with van der Waals surface area (Å²) in [5.41, 5.74) is 3.31. The first kappa shape index (κ1) is 21.0. The second-order valence-electron chi connectivity index (χ2n) is 8.61. The molecule has 0 unspecified atom stereocenters. The van der Waals surface area contributed by atoms with Crippen molar-refractivity contribution in [2.45, 2.75) is 57.2 Å². The maximum absolute atomic E-state index is 5.84. The lowest BCUT2D eigenvalue weighted by Crippen LogP contribution is -2.29. The van der Waals surface area contributed by atoms with Crippen LogP contribution in [0.5, 0.6) is 5.75 Å². The van der Waals surface area contributed by atoms with E-state index in [1.54, 1.807) is 0 Å². The molecule has 1 N–H and O–H groups in total.